The molecule has 1 aliphatic heterocycles. The fourth-order valence-electron chi connectivity index (χ4n) is 1.52. The normalized spacial score (nSPS) is 14.8. The number of halogens is 1. The van der Waals surface area contributed by atoms with E-state index in [-0.39, 0.29) is 10.7 Å². The van der Waals surface area contributed by atoms with E-state index in [2.05, 4.69) is 26.6 Å². The van der Waals surface area contributed by atoms with Crippen molar-refractivity contribution in [2.24, 2.45) is 0 Å². The molecule has 1 fully saturated rings. The summed E-state index contributed by atoms with van der Waals surface area (Å²) in [6.07, 6.45) is 1.47. The van der Waals surface area contributed by atoms with Crippen LogP contribution in [0.4, 0.5) is 0 Å². The van der Waals surface area contributed by atoms with Gasteiger partial charge < -0.3 is 4.74 Å². The van der Waals surface area contributed by atoms with Gasteiger partial charge in [-0.2, -0.15) is 0 Å². The third kappa shape index (κ3) is 2.99. The Labute approximate surface area is 123 Å². The predicted octanol–water partition coefficient (Wildman–Crippen LogP) is 1.37. The van der Waals surface area contributed by atoms with E-state index in [4.69, 9.17) is 17.0 Å². The minimum Gasteiger partial charge on any atom is -0.497 e. The van der Waals surface area contributed by atoms with E-state index < -0.39 is 11.8 Å². The Hall–Kier alpha value is -1.73. The minimum absolute atomic E-state index is 0.0110. The topological polar surface area (TPSA) is 67.4 Å². The number of methoxy groups -OCH3 is 1. The number of nitrogens with one attached hydrogen (secondary N) is 2. The number of benzene rings is 1. The van der Waals surface area contributed by atoms with Crippen LogP contribution in [-0.2, 0) is 9.59 Å². The summed E-state index contributed by atoms with van der Waals surface area (Å²) in [4.78, 5) is 23.4. The predicted molar refractivity (Wildman–Crippen MR) is 77.6 cm³/mol. The van der Waals surface area contributed by atoms with Gasteiger partial charge in [0.05, 0.1) is 7.11 Å². The first-order valence-electron chi connectivity index (χ1n) is 5.23. The van der Waals surface area contributed by atoms with Gasteiger partial charge in [0.25, 0.3) is 11.8 Å². The van der Waals surface area contributed by atoms with Crippen molar-refractivity contribution >= 4 is 51.2 Å². The molecule has 2 rings (SSSR count). The molecule has 19 heavy (non-hydrogen) atoms. The Morgan fingerprint density at radius 1 is 1.26 bits per heavy atom. The quantitative estimate of drug-likeness (QED) is 0.484. The smallest absolute Gasteiger partial charge is 0.263 e. The van der Waals surface area contributed by atoms with Crippen LogP contribution in [0.3, 0.4) is 0 Å². The summed E-state index contributed by atoms with van der Waals surface area (Å²) >= 11 is 8.07. The van der Waals surface area contributed by atoms with Crippen LogP contribution in [0.15, 0.2) is 28.2 Å². The summed E-state index contributed by atoms with van der Waals surface area (Å²) in [6, 6.07) is 5.25. The first-order chi connectivity index (χ1) is 9.01. The molecule has 0 radical (unpaired) electrons. The van der Waals surface area contributed by atoms with E-state index in [1.807, 2.05) is 0 Å². The number of hydrogen-bond donors (Lipinski definition) is 2. The molecule has 0 spiro atoms. The van der Waals surface area contributed by atoms with Crippen molar-refractivity contribution in [1.82, 2.24) is 10.6 Å². The summed E-state index contributed by atoms with van der Waals surface area (Å²) in [5.41, 5.74) is 0.648. The Bertz CT molecular complexity index is 591. The van der Waals surface area contributed by atoms with E-state index >= 15 is 0 Å². The van der Waals surface area contributed by atoms with E-state index in [9.17, 15) is 9.59 Å². The zero-order chi connectivity index (χ0) is 14.0. The Morgan fingerprint density at radius 2 is 1.89 bits per heavy atom. The van der Waals surface area contributed by atoms with Gasteiger partial charge in [-0.3, -0.25) is 20.2 Å². The van der Waals surface area contributed by atoms with Crippen molar-refractivity contribution in [3.63, 3.8) is 0 Å². The molecule has 2 amide bonds. The molecule has 0 aliphatic carbocycles. The van der Waals surface area contributed by atoms with Crippen molar-refractivity contribution in [3.8, 4) is 5.75 Å². The zero-order valence-corrected chi connectivity index (χ0v) is 12.2. The lowest BCUT2D eigenvalue weighted by molar-refractivity contribution is -0.123. The van der Waals surface area contributed by atoms with Crippen LogP contribution in [-0.4, -0.2) is 24.0 Å². The molecule has 5 nitrogen and oxygen atoms in total. The molecule has 1 aromatic carbocycles. The SMILES string of the molecule is COc1ccc(Br)c(C=C2C(=O)NC(=S)NC2=O)c1. The molecule has 98 valence electrons. The zero-order valence-electron chi connectivity index (χ0n) is 9.82. The number of carbonyl (C=O) groups excluding carboxylic acids is 2. The molecule has 0 aromatic heterocycles. The van der Waals surface area contributed by atoms with Crippen molar-refractivity contribution in [2.75, 3.05) is 7.11 Å². The summed E-state index contributed by atoms with van der Waals surface area (Å²) in [5.74, 6) is -0.422. The lowest BCUT2D eigenvalue weighted by Gasteiger charge is -2.16. The third-order valence-electron chi connectivity index (χ3n) is 2.45. The fraction of sp³-hybridized carbons (Fsp3) is 0.0833. The highest BCUT2D eigenvalue weighted by atomic mass is 79.9. The maximum Gasteiger partial charge on any atom is 0.263 e. The molecule has 0 atom stereocenters. The van der Waals surface area contributed by atoms with Gasteiger partial charge in [0.15, 0.2) is 5.11 Å². The number of carbonyl (C=O) groups is 2. The molecule has 2 N–H and O–H groups in total. The molecule has 1 aliphatic rings. The van der Waals surface area contributed by atoms with Gasteiger partial charge >= 0.3 is 0 Å². The highest BCUT2D eigenvalue weighted by molar-refractivity contribution is 9.10. The van der Waals surface area contributed by atoms with Gasteiger partial charge in [0, 0.05) is 4.47 Å². The van der Waals surface area contributed by atoms with E-state index in [0.29, 0.717) is 11.3 Å². The summed E-state index contributed by atoms with van der Waals surface area (Å²) < 4.78 is 5.84. The maximum absolute atomic E-state index is 11.7. The van der Waals surface area contributed by atoms with Crippen molar-refractivity contribution in [3.05, 3.63) is 33.8 Å². The second-order valence-electron chi connectivity index (χ2n) is 3.68. The van der Waals surface area contributed by atoms with Crippen LogP contribution in [0.5, 0.6) is 5.75 Å². The molecular formula is C12H9BrN2O3S. The average molecular weight is 341 g/mol. The van der Waals surface area contributed by atoms with Crippen LogP contribution >= 0.6 is 28.1 Å². The van der Waals surface area contributed by atoms with Crippen LogP contribution in [0.25, 0.3) is 6.08 Å². The summed E-state index contributed by atoms with van der Waals surface area (Å²) in [7, 11) is 1.54. The molecule has 0 unspecified atom stereocenters. The number of ether oxygens (including phenoxy) is 1. The van der Waals surface area contributed by atoms with Crippen LogP contribution in [0.2, 0.25) is 0 Å². The summed E-state index contributed by atoms with van der Waals surface area (Å²) in [5, 5.41) is 4.76. The lowest BCUT2D eigenvalue weighted by atomic mass is 10.1. The number of hydrogen-bond acceptors (Lipinski definition) is 4. The highest BCUT2D eigenvalue weighted by Crippen LogP contribution is 2.25. The Kier molecular flexibility index (Phi) is 3.96. The fourth-order valence-corrected chi connectivity index (χ4v) is 2.07. The van der Waals surface area contributed by atoms with Gasteiger partial charge in [-0.05, 0) is 42.1 Å². The number of rotatable bonds is 2. The molecule has 0 saturated carbocycles. The molecule has 1 aromatic rings. The molecule has 0 bridgehead atoms. The van der Waals surface area contributed by atoms with Crippen molar-refractivity contribution in [2.45, 2.75) is 0 Å². The Morgan fingerprint density at radius 3 is 2.47 bits per heavy atom. The largest absolute Gasteiger partial charge is 0.497 e. The maximum atomic E-state index is 11.7. The molecule has 1 saturated heterocycles. The van der Waals surface area contributed by atoms with Gasteiger partial charge in [-0.15, -0.1) is 0 Å². The van der Waals surface area contributed by atoms with Gasteiger partial charge in [-0.1, -0.05) is 15.9 Å². The van der Waals surface area contributed by atoms with E-state index in [1.165, 1.54) is 6.08 Å². The molecule has 1 heterocycles. The van der Waals surface area contributed by atoms with Gasteiger partial charge in [0.2, 0.25) is 0 Å². The average Bonchev–Trinajstić information content (AvgIpc) is 2.35. The highest BCUT2D eigenvalue weighted by Gasteiger charge is 2.25. The molecule has 7 heteroatoms. The van der Waals surface area contributed by atoms with Crippen LogP contribution < -0.4 is 15.4 Å². The third-order valence-corrected chi connectivity index (χ3v) is 3.37. The van der Waals surface area contributed by atoms with Crippen molar-refractivity contribution in [1.29, 1.82) is 0 Å². The molecular weight excluding hydrogens is 332 g/mol. The van der Waals surface area contributed by atoms with Crippen molar-refractivity contribution < 1.29 is 14.3 Å². The second-order valence-corrected chi connectivity index (χ2v) is 4.95. The Balaban J connectivity index is 2.42. The van der Waals surface area contributed by atoms with Gasteiger partial charge in [0.1, 0.15) is 11.3 Å². The first kappa shape index (κ1) is 13.7. The number of thiocarbonyl (C=S) groups is 1. The summed E-state index contributed by atoms with van der Waals surface area (Å²) in [6.45, 7) is 0. The van der Waals surface area contributed by atoms with E-state index in [1.54, 1.807) is 25.3 Å². The first-order valence-corrected chi connectivity index (χ1v) is 6.43. The van der Waals surface area contributed by atoms with Crippen LogP contribution in [0.1, 0.15) is 5.56 Å². The van der Waals surface area contributed by atoms with E-state index in [0.717, 1.165) is 4.47 Å². The van der Waals surface area contributed by atoms with Gasteiger partial charge in [-0.25, -0.2) is 0 Å². The standard InChI is InChI=1S/C12H9BrN2O3S/c1-18-7-2-3-9(13)6(4-7)5-8-10(16)14-12(19)15-11(8)17/h2-5H,1H3,(H2,14,15,16,17,19). The monoisotopic (exact) mass is 340 g/mol. The number of amides is 2. The minimum atomic E-state index is -0.525. The second kappa shape index (κ2) is 5.50. The lowest BCUT2D eigenvalue weighted by Crippen LogP contribution is -2.51. The van der Waals surface area contributed by atoms with Crippen LogP contribution in [0, 0.1) is 0 Å².